The van der Waals surface area contributed by atoms with E-state index in [0.29, 0.717) is 25.7 Å². The lowest BCUT2D eigenvalue weighted by atomic mass is 9.26. The maximum Gasteiger partial charge on any atom is 0.303 e. The monoisotopic (exact) mass is 464 g/mol. The van der Waals surface area contributed by atoms with Gasteiger partial charge in [-0.1, -0.05) is 48.5 Å². The van der Waals surface area contributed by atoms with Crippen molar-refractivity contribution < 1.29 is 25.2 Å². The van der Waals surface area contributed by atoms with Crippen molar-refractivity contribution in [2.75, 3.05) is 0 Å². The zero-order chi connectivity index (χ0) is 24.8. The second kappa shape index (κ2) is 7.43. The highest BCUT2D eigenvalue weighted by Gasteiger charge is 2.80. The predicted octanol–water partition coefficient (Wildman–Crippen LogP) is 5.01. The van der Waals surface area contributed by atoms with E-state index in [1.165, 1.54) is 0 Å². The molecule has 33 heavy (non-hydrogen) atoms. The van der Waals surface area contributed by atoms with E-state index in [1.807, 2.05) is 0 Å². The Morgan fingerprint density at radius 3 is 2.06 bits per heavy atom. The van der Waals surface area contributed by atoms with Crippen molar-refractivity contribution in [2.45, 2.75) is 125 Å². The van der Waals surface area contributed by atoms with Crippen molar-refractivity contribution in [3.8, 4) is 0 Å². The average Bonchev–Trinajstić information content (AvgIpc) is 3.00. The molecule has 4 saturated carbocycles. The first kappa shape index (κ1) is 25.4. The van der Waals surface area contributed by atoms with Crippen LogP contribution in [0.4, 0.5) is 0 Å². The van der Waals surface area contributed by atoms with Gasteiger partial charge in [0.15, 0.2) is 0 Å². The van der Waals surface area contributed by atoms with Gasteiger partial charge in [-0.25, -0.2) is 0 Å². The van der Waals surface area contributed by atoms with Crippen LogP contribution < -0.4 is 0 Å². The van der Waals surface area contributed by atoms with Gasteiger partial charge in [0.05, 0.1) is 18.3 Å². The van der Waals surface area contributed by atoms with Crippen molar-refractivity contribution in [3.05, 3.63) is 0 Å². The van der Waals surface area contributed by atoms with E-state index < -0.39 is 18.2 Å². The molecule has 0 aromatic heterocycles. The summed E-state index contributed by atoms with van der Waals surface area (Å²) in [5.74, 6) is -0.312. The molecule has 0 aromatic rings. The molecule has 0 unspecified atom stereocenters. The van der Waals surface area contributed by atoms with Crippen LogP contribution in [0.15, 0.2) is 0 Å². The van der Waals surface area contributed by atoms with Crippen LogP contribution in [0.1, 0.15) is 106 Å². The first-order chi connectivity index (χ1) is 15.0. The lowest BCUT2D eigenvalue weighted by molar-refractivity contribution is -0.345. The van der Waals surface area contributed by atoms with Gasteiger partial charge >= 0.3 is 5.97 Å². The maximum atomic E-state index is 12.0. The molecule has 4 fully saturated rings. The summed E-state index contributed by atoms with van der Waals surface area (Å²) in [6, 6.07) is 0. The van der Waals surface area contributed by atoms with Gasteiger partial charge in [0.25, 0.3) is 0 Å². The van der Waals surface area contributed by atoms with Gasteiger partial charge in [0.1, 0.15) is 0 Å². The Balaban J connectivity index is 1.82. The summed E-state index contributed by atoms with van der Waals surface area (Å²) < 4.78 is 0. The summed E-state index contributed by atoms with van der Waals surface area (Å²) in [6.45, 7) is 16.0. The van der Waals surface area contributed by atoms with Crippen molar-refractivity contribution in [1.82, 2.24) is 0 Å². The summed E-state index contributed by atoms with van der Waals surface area (Å²) in [5.41, 5.74) is -1.57. The molecule has 5 nitrogen and oxygen atoms in total. The van der Waals surface area contributed by atoms with Crippen LogP contribution in [0.3, 0.4) is 0 Å². The lowest BCUT2D eigenvalue weighted by Crippen LogP contribution is -2.77. The summed E-state index contributed by atoms with van der Waals surface area (Å²) in [7, 11) is 0. The highest BCUT2D eigenvalue weighted by molar-refractivity contribution is 5.66. The Morgan fingerprint density at radius 1 is 0.848 bits per heavy atom. The van der Waals surface area contributed by atoms with E-state index in [0.717, 1.165) is 25.7 Å². The first-order valence-electron chi connectivity index (χ1n) is 13.3. The SMILES string of the molecule is C[C@H](CCC(=O)O)[C@H]1CC[C@]2(C)[C@]1(C)[C@@H](O)C[C@]1(C)[C@@]3(C)CC[C@@H](O)C[C@@]3(C)C[C@@H](O)[C@@]21C. The lowest BCUT2D eigenvalue weighted by Gasteiger charge is -2.79. The van der Waals surface area contributed by atoms with Crippen LogP contribution in [-0.2, 0) is 4.79 Å². The number of hydrogen-bond donors (Lipinski definition) is 4. The molecule has 4 aliphatic rings. The molecule has 11 atom stereocenters. The number of aliphatic hydroxyl groups is 3. The number of aliphatic carboxylic acids is 1. The van der Waals surface area contributed by atoms with Crippen LogP contribution >= 0.6 is 0 Å². The number of hydrogen-bond acceptors (Lipinski definition) is 4. The fourth-order valence-corrected chi connectivity index (χ4v) is 10.7. The minimum absolute atomic E-state index is 0.0917. The van der Waals surface area contributed by atoms with E-state index in [-0.39, 0.29) is 56.9 Å². The first-order valence-corrected chi connectivity index (χ1v) is 13.3. The third-order valence-corrected chi connectivity index (χ3v) is 13.5. The topological polar surface area (TPSA) is 98.0 Å². The van der Waals surface area contributed by atoms with Crippen molar-refractivity contribution in [2.24, 2.45) is 44.3 Å². The molecule has 0 spiro atoms. The highest BCUT2D eigenvalue weighted by Crippen LogP contribution is 2.83. The van der Waals surface area contributed by atoms with Crippen LogP contribution in [0, 0.1) is 44.3 Å². The number of carboxylic acid groups (broad SMARTS) is 1. The van der Waals surface area contributed by atoms with Gasteiger partial charge in [-0.2, -0.15) is 0 Å². The van der Waals surface area contributed by atoms with Crippen LogP contribution in [0.5, 0.6) is 0 Å². The summed E-state index contributed by atoms with van der Waals surface area (Å²) in [5, 5.41) is 43.8. The second-order valence-corrected chi connectivity index (χ2v) is 13.9. The normalized spacial score (nSPS) is 57.0. The molecule has 190 valence electrons. The van der Waals surface area contributed by atoms with Gasteiger partial charge in [-0.15, -0.1) is 0 Å². The fraction of sp³-hybridized carbons (Fsp3) is 0.964. The Labute approximate surface area is 200 Å². The fourth-order valence-electron chi connectivity index (χ4n) is 10.7. The van der Waals surface area contributed by atoms with Crippen molar-refractivity contribution in [3.63, 3.8) is 0 Å². The highest BCUT2D eigenvalue weighted by atomic mass is 16.4. The Hall–Kier alpha value is -0.650. The molecule has 5 heteroatoms. The Morgan fingerprint density at radius 2 is 1.45 bits per heavy atom. The number of carboxylic acids is 1. The predicted molar refractivity (Wildman–Crippen MR) is 129 cm³/mol. The third kappa shape index (κ3) is 2.79. The zero-order valence-electron chi connectivity index (χ0n) is 21.9. The molecule has 0 saturated heterocycles. The molecule has 0 radical (unpaired) electrons. The molecular formula is C28H48O5. The Bertz CT molecular complexity index is 814. The Kier molecular flexibility index (Phi) is 5.73. The third-order valence-electron chi connectivity index (χ3n) is 13.5. The van der Waals surface area contributed by atoms with E-state index >= 15 is 0 Å². The van der Waals surface area contributed by atoms with E-state index in [9.17, 15) is 25.2 Å². The van der Waals surface area contributed by atoms with Crippen LogP contribution in [0.25, 0.3) is 0 Å². The zero-order valence-corrected chi connectivity index (χ0v) is 21.9. The summed E-state index contributed by atoms with van der Waals surface area (Å²) in [4.78, 5) is 11.3. The molecular weight excluding hydrogens is 416 g/mol. The van der Waals surface area contributed by atoms with Gasteiger partial charge in [-0.05, 0) is 84.9 Å². The van der Waals surface area contributed by atoms with Crippen LogP contribution in [-0.4, -0.2) is 44.7 Å². The van der Waals surface area contributed by atoms with E-state index in [1.54, 1.807) is 0 Å². The number of carbonyl (C=O) groups is 1. The van der Waals surface area contributed by atoms with Crippen molar-refractivity contribution >= 4 is 5.97 Å². The van der Waals surface area contributed by atoms with Crippen molar-refractivity contribution in [1.29, 1.82) is 0 Å². The molecule has 0 amide bonds. The van der Waals surface area contributed by atoms with Gasteiger partial charge < -0.3 is 20.4 Å². The maximum absolute atomic E-state index is 12.0. The van der Waals surface area contributed by atoms with Gasteiger partial charge in [0, 0.05) is 17.3 Å². The quantitative estimate of drug-likeness (QED) is 0.469. The minimum Gasteiger partial charge on any atom is -0.481 e. The molecule has 4 aliphatic carbocycles. The molecule has 0 aromatic carbocycles. The summed E-state index contributed by atoms with van der Waals surface area (Å²) >= 11 is 0. The van der Waals surface area contributed by atoms with Gasteiger partial charge in [-0.3, -0.25) is 4.79 Å². The number of aliphatic hydroxyl groups excluding tert-OH is 3. The molecule has 0 aliphatic heterocycles. The molecule has 0 bridgehead atoms. The standard InChI is InChI=1S/C28H48O5/c1-17(8-9-22(32)33)19-11-13-25(4)27(19,6)20(30)16-26(5)24(3)12-10-18(29)14-23(24,2)15-21(31)28(25,26)7/h17-21,29-31H,8-16H2,1-7H3,(H,32,33)/t17-,18-,19-,20+,21-,23+,24+,25-,26-,27+,28+/m1/s1. The molecule has 4 rings (SSSR count). The minimum atomic E-state index is -0.758. The summed E-state index contributed by atoms with van der Waals surface area (Å²) in [6.07, 6.45) is 5.14. The number of rotatable bonds is 4. The van der Waals surface area contributed by atoms with E-state index in [4.69, 9.17) is 0 Å². The van der Waals surface area contributed by atoms with Crippen LogP contribution in [0.2, 0.25) is 0 Å². The van der Waals surface area contributed by atoms with E-state index in [2.05, 4.69) is 48.5 Å². The second-order valence-electron chi connectivity index (χ2n) is 13.9. The smallest absolute Gasteiger partial charge is 0.303 e. The van der Waals surface area contributed by atoms with Gasteiger partial charge in [0.2, 0.25) is 0 Å². The molecule has 4 N–H and O–H groups in total. The molecule has 0 heterocycles. The largest absolute Gasteiger partial charge is 0.481 e. The number of fused-ring (bicyclic) bond motifs is 5. The average molecular weight is 465 g/mol.